The van der Waals surface area contributed by atoms with Gasteiger partial charge in [0.25, 0.3) is 0 Å². The predicted molar refractivity (Wildman–Crippen MR) is 48.3 cm³/mol. The summed E-state index contributed by atoms with van der Waals surface area (Å²) in [5.74, 6) is -0.209. The number of fused-ring (bicyclic) bond motifs is 1. The van der Waals surface area contributed by atoms with Gasteiger partial charge in [-0.2, -0.15) is 0 Å². The molecule has 4 N–H and O–H groups in total. The van der Waals surface area contributed by atoms with Crippen LogP contribution in [0.1, 0.15) is 19.3 Å². The first-order chi connectivity index (χ1) is 6.14. The minimum Gasteiger partial charge on any atom is -0.480 e. The molecule has 4 heteroatoms. The van der Waals surface area contributed by atoms with Crippen LogP contribution in [0.15, 0.2) is 0 Å². The molecule has 0 aromatic heterocycles. The van der Waals surface area contributed by atoms with Gasteiger partial charge >= 0.3 is 5.97 Å². The molecule has 0 aromatic carbocycles. The number of aliphatic carboxylic acids is 1. The molecule has 1 saturated heterocycles. The van der Waals surface area contributed by atoms with E-state index < -0.39 is 11.5 Å². The predicted octanol–water partition coefficient (Wildman–Crippen LogP) is -0.212. The van der Waals surface area contributed by atoms with Crippen LogP contribution in [0.3, 0.4) is 0 Å². The fourth-order valence-electron chi connectivity index (χ4n) is 2.75. The molecule has 2 fully saturated rings. The lowest BCUT2D eigenvalue weighted by molar-refractivity contribution is -0.147. The van der Waals surface area contributed by atoms with E-state index in [1.807, 2.05) is 0 Å². The van der Waals surface area contributed by atoms with Crippen molar-refractivity contribution in [3.05, 3.63) is 0 Å². The van der Waals surface area contributed by atoms with Crippen LogP contribution in [-0.4, -0.2) is 29.7 Å². The van der Waals surface area contributed by atoms with Gasteiger partial charge in [-0.25, -0.2) is 0 Å². The summed E-state index contributed by atoms with van der Waals surface area (Å²) in [4.78, 5) is 11.1. The van der Waals surface area contributed by atoms with E-state index in [1.54, 1.807) is 0 Å². The maximum atomic E-state index is 11.1. The van der Waals surface area contributed by atoms with Crippen molar-refractivity contribution in [3.63, 3.8) is 0 Å². The Morgan fingerprint density at radius 2 is 2.31 bits per heavy atom. The van der Waals surface area contributed by atoms with Crippen LogP contribution < -0.4 is 11.1 Å². The Hall–Kier alpha value is -0.610. The van der Waals surface area contributed by atoms with Crippen molar-refractivity contribution in [2.45, 2.75) is 24.8 Å². The van der Waals surface area contributed by atoms with Gasteiger partial charge in [0, 0.05) is 12.5 Å². The third-order valence-corrected chi connectivity index (χ3v) is 3.57. The number of nitrogens with two attached hydrogens (primary N) is 1. The number of hydrogen-bond acceptors (Lipinski definition) is 3. The standard InChI is InChI=1S/C9H16N2O2/c10-9(8(12)13)3-1-2-6-4-11-5-7(6)9/h6-7,11H,1-5,10H2,(H,12,13). The molecule has 0 aromatic rings. The molecule has 0 spiro atoms. The Balaban J connectivity index is 2.22. The molecule has 1 saturated carbocycles. The van der Waals surface area contributed by atoms with E-state index in [9.17, 15) is 4.79 Å². The van der Waals surface area contributed by atoms with Gasteiger partial charge in [-0.05, 0) is 25.3 Å². The van der Waals surface area contributed by atoms with Gasteiger partial charge in [0.1, 0.15) is 5.54 Å². The molecule has 4 nitrogen and oxygen atoms in total. The lowest BCUT2D eigenvalue weighted by Gasteiger charge is -2.38. The summed E-state index contributed by atoms with van der Waals surface area (Å²) in [5, 5.41) is 12.3. The van der Waals surface area contributed by atoms with E-state index >= 15 is 0 Å². The monoisotopic (exact) mass is 184 g/mol. The third kappa shape index (κ3) is 1.25. The number of carboxylic acids is 1. The normalized spacial score (nSPS) is 44.4. The summed E-state index contributed by atoms with van der Waals surface area (Å²) < 4.78 is 0. The van der Waals surface area contributed by atoms with Crippen LogP contribution in [0.25, 0.3) is 0 Å². The SMILES string of the molecule is NC1(C(=O)O)CCCC2CNCC21. The fourth-order valence-corrected chi connectivity index (χ4v) is 2.75. The first kappa shape index (κ1) is 8.97. The second kappa shape index (κ2) is 2.96. The van der Waals surface area contributed by atoms with Gasteiger partial charge in [-0.15, -0.1) is 0 Å². The Labute approximate surface area is 77.5 Å². The summed E-state index contributed by atoms with van der Waals surface area (Å²) in [6, 6.07) is 0. The Morgan fingerprint density at radius 1 is 1.54 bits per heavy atom. The summed E-state index contributed by atoms with van der Waals surface area (Å²) in [6.45, 7) is 1.71. The molecule has 1 heterocycles. The van der Waals surface area contributed by atoms with Gasteiger partial charge in [0.2, 0.25) is 0 Å². The minimum atomic E-state index is -0.966. The fraction of sp³-hybridized carbons (Fsp3) is 0.889. The molecular formula is C9H16N2O2. The van der Waals surface area contributed by atoms with Crippen LogP contribution in [-0.2, 0) is 4.79 Å². The molecule has 13 heavy (non-hydrogen) atoms. The Bertz CT molecular complexity index is 232. The maximum absolute atomic E-state index is 11.1. The number of rotatable bonds is 1. The van der Waals surface area contributed by atoms with Crippen molar-refractivity contribution >= 4 is 5.97 Å². The summed E-state index contributed by atoms with van der Waals surface area (Å²) in [5.41, 5.74) is 4.98. The van der Waals surface area contributed by atoms with E-state index in [1.165, 1.54) is 0 Å². The second-order valence-corrected chi connectivity index (χ2v) is 4.26. The van der Waals surface area contributed by atoms with Crippen molar-refractivity contribution < 1.29 is 9.90 Å². The molecule has 0 amide bonds. The molecule has 0 bridgehead atoms. The summed E-state index contributed by atoms with van der Waals surface area (Å²) in [6.07, 6.45) is 2.71. The first-order valence-corrected chi connectivity index (χ1v) is 4.87. The molecule has 1 aliphatic carbocycles. The van der Waals surface area contributed by atoms with E-state index in [0.717, 1.165) is 25.9 Å². The lowest BCUT2D eigenvalue weighted by atomic mass is 9.69. The van der Waals surface area contributed by atoms with Crippen molar-refractivity contribution in [3.8, 4) is 0 Å². The molecule has 2 aliphatic rings. The second-order valence-electron chi connectivity index (χ2n) is 4.26. The van der Waals surface area contributed by atoms with Crippen molar-refractivity contribution in [1.82, 2.24) is 5.32 Å². The highest BCUT2D eigenvalue weighted by Crippen LogP contribution is 2.38. The van der Waals surface area contributed by atoms with E-state index in [2.05, 4.69) is 5.32 Å². The van der Waals surface area contributed by atoms with E-state index in [4.69, 9.17) is 10.8 Å². The van der Waals surface area contributed by atoms with Gasteiger partial charge in [0.05, 0.1) is 0 Å². The average Bonchev–Trinajstić information content (AvgIpc) is 2.53. The van der Waals surface area contributed by atoms with Crippen LogP contribution in [0, 0.1) is 11.8 Å². The van der Waals surface area contributed by atoms with Crippen LogP contribution in [0.2, 0.25) is 0 Å². The van der Waals surface area contributed by atoms with Crippen molar-refractivity contribution in [1.29, 1.82) is 0 Å². The molecule has 74 valence electrons. The Kier molecular flexibility index (Phi) is 2.04. The van der Waals surface area contributed by atoms with Gasteiger partial charge in [0.15, 0.2) is 0 Å². The zero-order valence-electron chi connectivity index (χ0n) is 7.62. The van der Waals surface area contributed by atoms with Gasteiger partial charge < -0.3 is 16.2 Å². The highest BCUT2D eigenvalue weighted by atomic mass is 16.4. The molecule has 0 radical (unpaired) electrons. The number of nitrogens with one attached hydrogen (secondary N) is 1. The van der Waals surface area contributed by atoms with E-state index in [-0.39, 0.29) is 5.92 Å². The Morgan fingerprint density at radius 3 is 3.00 bits per heavy atom. The largest absolute Gasteiger partial charge is 0.480 e. The lowest BCUT2D eigenvalue weighted by Crippen LogP contribution is -2.58. The van der Waals surface area contributed by atoms with Crippen molar-refractivity contribution in [2.75, 3.05) is 13.1 Å². The molecular weight excluding hydrogens is 168 g/mol. The number of carboxylic acid groups (broad SMARTS) is 1. The highest BCUT2D eigenvalue weighted by Gasteiger charge is 2.49. The molecule has 3 atom stereocenters. The quantitative estimate of drug-likeness (QED) is 0.527. The average molecular weight is 184 g/mol. The third-order valence-electron chi connectivity index (χ3n) is 3.57. The van der Waals surface area contributed by atoms with Crippen LogP contribution in [0.4, 0.5) is 0 Å². The first-order valence-electron chi connectivity index (χ1n) is 4.87. The minimum absolute atomic E-state index is 0.138. The van der Waals surface area contributed by atoms with Crippen molar-refractivity contribution in [2.24, 2.45) is 17.6 Å². The highest BCUT2D eigenvalue weighted by molar-refractivity contribution is 5.79. The van der Waals surface area contributed by atoms with Gasteiger partial charge in [-0.1, -0.05) is 6.42 Å². The smallest absolute Gasteiger partial charge is 0.324 e. The molecule has 2 rings (SSSR count). The molecule has 3 unspecified atom stereocenters. The van der Waals surface area contributed by atoms with Gasteiger partial charge in [-0.3, -0.25) is 4.79 Å². The van der Waals surface area contributed by atoms with E-state index in [0.29, 0.717) is 12.3 Å². The maximum Gasteiger partial charge on any atom is 0.324 e. The zero-order valence-corrected chi connectivity index (χ0v) is 7.62. The number of carbonyl (C=O) groups is 1. The topological polar surface area (TPSA) is 75.4 Å². The number of hydrogen-bond donors (Lipinski definition) is 3. The summed E-state index contributed by atoms with van der Waals surface area (Å²) in [7, 11) is 0. The zero-order chi connectivity index (χ0) is 9.47. The molecule has 1 aliphatic heterocycles. The van der Waals surface area contributed by atoms with Crippen LogP contribution >= 0.6 is 0 Å². The van der Waals surface area contributed by atoms with Crippen LogP contribution in [0.5, 0.6) is 0 Å². The summed E-state index contributed by atoms with van der Waals surface area (Å²) >= 11 is 0.